The lowest BCUT2D eigenvalue weighted by atomic mass is 10.1. The second kappa shape index (κ2) is 14.3. The zero-order valence-corrected chi connectivity index (χ0v) is 12.6. The monoisotopic (exact) mass is 252 g/mol. The Labute approximate surface area is 97.0 Å². The largest absolute Gasteiger partial charge is 0.413 e. The average Bonchev–Trinajstić information content (AvgIpc) is 2.26. The second-order valence-corrected chi connectivity index (χ2v) is 5.81. The third-order valence-corrected chi connectivity index (χ3v) is 3.64. The summed E-state index contributed by atoms with van der Waals surface area (Å²) >= 11 is 0. The van der Waals surface area contributed by atoms with E-state index in [1.54, 1.807) is 0 Å². The number of hydrogen-bond donors (Lipinski definition) is 1. The molecule has 0 aliphatic rings. The molecule has 0 rings (SSSR count). The lowest BCUT2D eigenvalue weighted by Gasteiger charge is -2.02. The molecule has 0 radical (unpaired) electrons. The maximum absolute atomic E-state index is 8.32. The van der Waals surface area contributed by atoms with Gasteiger partial charge in [-0.2, -0.15) is 0 Å². The van der Waals surface area contributed by atoms with E-state index in [1.807, 2.05) is 0 Å². The molecule has 0 saturated carbocycles. The molecule has 0 aliphatic carbocycles. The Morgan fingerprint density at radius 1 is 1.00 bits per heavy atom. The third kappa shape index (κ3) is 14.3. The fourth-order valence-electron chi connectivity index (χ4n) is 1.38. The van der Waals surface area contributed by atoms with Crippen LogP contribution in [0, 0.1) is 0 Å². The van der Waals surface area contributed by atoms with Crippen LogP contribution in [0.4, 0.5) is 0 Å². The maximum atomic E-state index is 8.32. The van der Waals surface area contributed by atoms with Crippen LogP contribution in [0.3, 0.4) is 0 Å². The molecule has 0 aromatic heterocycles. The molecular formula is C9H24O4Si2. The van der Waals surface area contributed by atoms with Crippen molar-refractivity contribution in [1.82, 2.24) is 0 Å². The first-order chi connectivity index (χ1) is 7.41. The van der Waals surface area contributed by atoms with Crippen molar-refractivity contribution in [2.24, 2.45) is 0 Å². The van der Waals surface area contributed by atoms with Crippen LogP contribution in [-0.2, 0) is 14.5 Å². The van der Waals surface area contributed by atoms with Crippen molar-refractivity contribution in [3.63, 3.8) is 0 Å². The van der Waals surface area contributed by atoms with Gasteiger partial charge in [0.25, 0.3) is 0 Å². The number of unbranched alkanes of at least 4 members (excludes halogenated alkanes) is 5. The molecule has 0 fully saturated rings. The summed E-state index contributed by atoms with van der Waals surface area (Å²) < 4.78 is 4.28. The van der Waals surface area contributed by atoms with Crippen LogP contribution < -0.4 is 0 Å². The highest BCUT2D eigenvalue weighted by molar-refractivity contribution is 6.33. The number of hydrogen-bond acceptors (Lipinski definition) is 4. The Kier molecular flexibility index (Phi) is 14.5. The molecule has 92 valence electrons. The van der Waals surface area contributed by atoms with Crippen LogP contribution in [0.15, 0.2) is 0 Å². The summed E-state index contributed by atoms with van der Waals surface area (Å²) in [5.41, 5.74) is 0. The summed E-state index contributed by atoms with van der Waals surface area (Å²) in [6.45, 7) is 2.92. The SMILES string of the molecule is C[SiH2]CCCCCCCCOOO[SiH2]O. The molecule has 0 aromatic rings. The first kappa shape index (κ1) is 15.3. The summed E-state index contributed by atoms with van der Waals surface area (Å²) in [6, 6.07) is 1.50. The van der Waals surface area contributed by atoms with Crippen molar-refractivity contribution in [2.75, 3.05) is 6.61 Å². The summed E-state index contributed by atoms with van der Waals surface area (Å²) in [5, 5.41) is 4.26. The Hall–Kier alpha value is 0.274. The first-order valence-electron chi connectivity index (χ1n) is 5.93. The Morgan fingerprint density at radius 3 is 2.33 bits per heavy atom. The molecule has 0 saturated heterocycles. The van der Waals surface area contributed by atoms with Crippen LogP contribution in [0.2, 0.25) is 12.6 Å². The Bertz CT molecular complexity index is 104. The van der Waals surface area contributed by atoms with Gasteiger partial charge < -0.3 is 4.80 Å². The minimum atomic E-state index is -1.49. The molecule has 0 aromatic carbocycles. The van der Waals surface area contributed by atoms with Gasteiger partial charge in [-0.15, -0.1) is 0 Å². The summed E-state index contributed by atoms with van der Waals surface area (Å²) in [4.78, 5) is 13.0. The summed E-state index contributed by atoms with van der Waals surface area (Å²) in [7, 11) is -1.20. The van der Waals surface area contributed by atoms with Gasteiger partial charge in [0, 0.05) is 9.52 Å². The van der Waals surface area contributed by atoms with Crippen molar-refractivity contribution in [3.05, 3.63) is 0 Å². The highest BCUT2D eigenvalue weighted by Gasteiger charge is 1.93. The highest BCUT2D eigenvalue weighted by Crippen LogP contribution is 2.07. The van der Waals surface area contributed by atoms with E-state index in [-0.39, 0.29) is 0 Å². The van der Waals surface area contributed by atoms with Crippen molar-refractivity contribution >= 4 is 19.5 Å². The van der Waals surface area contributed by atoms with Gasteiger partial charge in [-0.3, -0.25) is 0 Å². The van der Waals surface area contributed by atoms with Crippen molar-refractivity contribution in [1.29, 1.82) is 0 Å². The Balaban J connectivity index is 2.81. The molecule has 6 heteroatoms. The minimum absolute atomic E-state index is 0.290. The van der Waals surface area contributed by atoms with Crippen LogP contribution >= 0.6 is 0 Å². The fourth-order valence-corrected chi connectivity index (χ4v) is 2.35. The minimum Gasteiger partial charge on any atom is -0.413 e. The molecule has 0 amide bonds. The van der Waals surface area contributed by atoms with Crippen LogP contribution in [0.25, 0.3) is 0 Å². The van der Waals surface area contributed by atoms with Crippen molar-refractivity contribution in [2.45, 2.75) is 51.1 Å². The van der Waals surface area contributed by atoms with E-state index < -0.39 is 10.0 Å². The van der Waals surface area contributed by atoms with Gasteiger partial charge in [0.15, 0.2) is 0 Å². The lowest BCUT2D eigenvalue weighted by molar-refractivity contribution is -0.472. The second-order valence-electron chi connectivity index (χ2n) is 3.61. The van der Waals surface area contributed by atoms with Crippen molar-refractivity contribution < 1.29 is 19.3 Å². The molecule has 0 bridgehead atoms. The fraction of sp³-hybridized carbons (Fsp3) is 1.00. The first-order valence-corrected chi connectivity index (χ1v) is 9.56. The van der Waals surface area contributed by atoms with Gasteiger partial charge in [0.2, 0.25) is 0 Å². The Morgan fingerprint density at radius 2 is 1.67 bits per heavy atom. The van der Waals surface area contributed by atoms with Gasteiger partial charge in [-0.25, -0.2) is 9.46 Å². The van der Waals surface area contributed by atoms with E-state index in [0.717, 1.165) is 6.42 Å². The average molecular weight is 252 g/mol. The van der Waals surface area contributed by atoms with Gasteiger partial charge >= 0.3 is 10.0 Å². The van der Waals surface area contributed by atoms with Crippen LogP contribution in [-0.4, -0.2) is 30.9 Å². The van der Waals surface area contributed by atoms with Gasteiger partial charge in [0.1, 0.15) is 0 Å². The van der Waals surface area contributed by atoms with E-state index >= 15 is 0 Å². The molecule has 0 unspecified atom stereocenters. The van der Waals surface area contributed by atoms with Gasteiger partial charge in [0.05, 0.1) is 6.61 Å². The molecule has 0 aliphatic heterocycles. The van der Waals surface area contributed by atoms with Crippen LogP contribution in [0.1, 0.15) is 38.5 Å². The van der Waals surface area contributed by atoms with E-state index in [0.29, 0.717) is 16.1 Å². The predicted molar refractivity (Wildman–Crippen MR) is 65.8 cm³/mol. The van der Waals surface area contributed by atoms with Crippen molar-refractivity contribution in [3.8, 4) is 0 Å². The van der Waals surface area contributed by atoms with E-state index in [2.05, 4.69) is 21.0 Å². The van der Waals surface area contributed by atoms with E-state index in [1.165, 1.54) is 38.1 Å². The third-order valence-electron chi connectivity index (χ3n) is 2.23. The smallest absolute Gasteiger partial charge is 0.346 e. The molecule has 4 nitrogen and oxygen atoms in total. The van der Waals surface area contributed by atoms with Gasteiger partial charge in [-0.05, 0) is 6.42 Å². The molecule has 0 spiro atoms. The summed E-state index contributed by atoms with van der Waals surface area (Å²) in [5.74, 6) is 0. The topological polar surface area (TPSA) is 47.9 Å². The normalized spacial score (nSPS) is 12.4. The maximum Gasteiger partial charge on any atom is 0.346 e. The molecule has 1 N–H and O–H groups in total. The van der Waals surface area contributed by atoms with Crippen LogP contribution in [0.5, 0.6) is 0 Å². The van der Waals surface area contributed by atoms with E-state index in [9.17, 15) is 0 Å². The molecule has 15 heavy (non-hydrogen) atoms. The standard InChI is InChI=1S/C9H24O4Si2/c1-14-9-7-5-3-2-4-6-8-11-12-13-15-10/h10H,2-9,14-15H2,1H3. The van der Waals surface area contributed by atoms with Gasteiger partial charge in [-0.1, -0.05) is 49.7 Å². The predicted octanol–water partition coefficient (Wildman–Crippen LogP) is 0.833. The molecular weight excluding hydrogens is 228 g/mol. The molecule has 0 heterocycles. The highest BCUT2D eigenvalue weighted by atomic mass is 28.2. The van der Waals surface area contributed by atoms with E-state index in [4.69, 9.17) is 4.80 Å². The number of rotatable bonds is 12. The lowest BCUT2D eigenvalue weighted by Crippen LogP contribution is -2.01. The quantitative estimate of drug-likeness (QED) is 0.242. The molecule has 0 atom stereocenters. The zero-order valence-electron chi connectivity index (χ0n) is 9.74. The summed E-state index contributed by atoms with van der Waals surface area (Å²) in [6.07, 6.45) is 7.62. The zero-order chi connectivity index (χ0) is 11.2.